The lowest BCUT2D eigenvalue weighted by Crippen LogP contribution is -2.67. The molecule has 0 aliphatic rings. The summed E-state index contributed by atoms with van der Waals surface area (Å²) < 4.78 is 0. The Morgan fingerprint density at radius 1 is 0.282 bits per heavy atom. The van der Waals surface area contributed by atoms with Crippen LogP contribution in [0.15, 0.2) is 0 Å². The second-order valence-corrected chi connectivity index (χ2v) is 24.8. The summed E-state index contributed by atoms with van der Waals surface area (Å²) in [4.78, 5) is 162. The van der Waals surface area contributed by atoms with Gasteiger partial charge in [0.25, 0.3) is 0 Å². The molecule has 0 fully saturated rings. The third kappa shape index (κ3) is 28.5. The molecule has 0 unspecified atom stereocenters. The number of primary amides is 1. The molecular weight excluding hydrogens is 1100 g/mol. The number of unbranched alkanes of at least 4 members (excludes halogenated alkanes) is 5. The second kappa shape index (κ2) is 36.4. The summed E-state index contributed by atoms with van der Waals surface area (Å²) in [5.41, 5.74) is 24.0. The molecule has 0 aromatic rings. The van der Waals surface area contributed by atoms with E-state index in [-0.39, 0.29) is 45.2 Å². The standard InChI is InChI=1S/C56H107N17O12/c1-34(74)63-35(24-14-19-29-57)40(75)64-37(26-16-21-31-59)42(77)69-55(10,11)49(84)73-53(6,7)47(82)67-39(28-18-23-33-61)44(79)70-56(12,13)50(85)72-52(4,5)46(81)66-36(25-15-20-30-58)41(76)65-38(27-17-22-32-60)43(78)68-54(8,9)48(83)71-51(2,3)45(62)80/h35-39H,14-33,57-61H2,1-13H3,(H2,62,80)(H,63,74)(H,64,75)(H,65,76)(H,66,81)(H,67,82)(H,68,78)(H,69,77)(H,70,79)(H,71,83)(H,72,85)(H,73,84)/t35-,36-,37-,38-,39-/m0/s1. The van der Waals surface area contributed by atoms with Crippen molar-refractivity contribution in [2.75, 3.05) is 32.7 Å². The molecule has 0 saturated heterocycles. The lowest BCUT2D eigenvalue weighted by atomic mass is 9.96. The van der Waals surface area contributed by atoms with Crippen molar-refractivity contribution in [2.24, 2.45) is 34.4 Å². The predicted molar refractivity (Wildman–Crippen MR) is 322 cm³/mol. The largest absolute Gasteiger partial charge is 0.368 e. The molecule has 0 saturated carbocycles. The van der Waals surface area contributed by atoms with Crippen molar-refractivity contribution in [1.82, 2.24) is 58.5 Å². The van der Waals surface area contributed by atoms with Crippen LogP contribution < -0.4 is 92.9 Å². The molecule has 488 valence electrons. The Bertz CT molecular complexity index is 2270. The first-order chi connectivity index (χ1) is 39.2. The van der Waals surface area contributed by atoms with Crippen LogP contribution >= 0.6 is 0 Å². The maximum Gasteiger partial charge on any atom is 0.246 e. The van der Waals surface area contributed by atoms with E-state index in [2.05, 4.69) is 58.5 Å². The van der Waals surface area contributed by atoms with Crippen molar-refractivity contribution in [2.45, 2.75) is 250 Å². The molecule has 23 N–H and O–H groups in total. The van der Waals surface area contributed by atoms with Gasteiger partial charge in [0.05, 0.1) is 0 Å². The lowest BCUT2D eigenvalue weighted by molar-refractivity contribution is -0.140. The quantitative estimate of drug-likeness (QED) is 0.0270. The minimum absolute atomic E-state index is 0.0462. The first-order valence-corrected chi connectivity index (χ1v) is 29.5. The molecule has 29 heteroatoms. The Balaban J connectivity index is 6.44. The molecule has 0 aromatic heterocycles. The van der Waals surface area contributed by atoms with Crippen molar-refractivity contribution in [3.05, 3.63) is 0 Å². The van der Waals surface area contributed by atoms with Crippen LogP contribution in [0.1, 0.15) is 186 Å². The van der Waals surface area contributed by atoms with Crippen molar-refractivity contribution in [3.63, 3.8) is 0 Å². The van der Waals surface area contributed by atoms with Gasteiger partial charge in [-0.05, 0) is 212 Å². The molecule has 29 nitrogen and oxygen atoms in total. The van der Waals surface area contributed by atoms with E-state index in [1.165, 1.54) is 90.0 Å². The minimum Gasteiger partial charge on any atom is -0.368 e. The number of hydrogen-bond donors (Lipinski definition) is 17. The van der Waals surface area contributed by atoms with Gasteiger partial charge in [-0.15, -0.1) is 0 Å². The molecule has 0 heterocycles. The van der Waals surface area contributed by atoms with Gasteiger partial charge >= 0.3 is 0 Å². The minimum atomic E-state index is -1.75. The van der Waals surface area contributed by atoms with Gasteiger partial charge in [-0.1, -0.05) is 0 Å². The van der Waals surface area contributed by atoms with E-state index in [0.29, 0.717) is 83.8 Å². The number of amides is 12. The second-order valence-electron chi connectivity index (χ2n) is 24.8. The number of hydrogen-bond acceptors (Lipinski definition) is 17. The molecule has 5 atom stereocenters. The average Bonchev–Trinajstić information content (AvgIpc) is 2.76. The third-order valence-corrected chi connectivity index (χ3v) is 14.0. The molecule has 0 bridgehead atoms. The van der Waals surface area contributed by atoms with Crippen molar-refractivity contribution in [1.29, 1.82) is 0 Å². The molecule has 0 rings (SSSR count). The number of carbonyl (C=O) groups excluding carboxylic acids is 12. The van der Waals surface area contributed by atoms with E-state index >= 15 is 0 Å². The van der Waals surface area contributed by atoms with Gasteiger partial charge < -0.3 is 92.9 Å². The first kappa shape index (κ1) is 78.4. The van der Waals surface area contributed by atoms with Crippen LogP contribution in [0.3, 0.4) is 0 Å². The van der Waals surface area contributed by atoms with Gasteiger partial charge in [-0.3, -0.25) is 57.5 Å². The fourth-order valence-corrected chi connectivity index (χ4v) is 8.13. The summed E-state index contributed by atoms with van der Waals surface area (Å²) in [7, 11) is 0. The highest BCUT2D eigenvalue weighted by atomic mass is 16.2. The summed E-state index contributed by atoms with van der Waals surface area (Å²) in [6.07, 6.45) is 5.30. The Labute approximate surface area is 502 Å². The Kier molecular flexibility index (Phi) is 33.6. The fraction of sp³-hybridized carbons (Fsp3) is 0.786. The van der Waals surface area contributed by atoms with Gasteiger partial charge in [0.2, 0.25) is 70.9 Å². The van der Waals surface area contributed by atoms with Crippen LogP contribution in [0.5, 0.6) is 0 Å². The Hall–Kier alpha value is -6.56. The highest BCUT2D eigenvalue weighted by Crippen LogP contribution is 2.17. The zero-order valence-electron chi connectivity index (χ0n) is 52.9. The lowest BCUT2D eigenvalue weighted by Gasteiger charge is -2.35. The highest BCUT2D eigenvalue weighted by molar-refractivity contribution is 6.02. The number of rotatable bonds is 42. The predicted octanol–water partition coefficient (Wildman–Crippen LogP) is -3.07. The molecule has 0 aliphatic heterocycles. The van der Waals surface area contributed by atoms with E-state index in [9.17, 15) is 57.5 Å². The SMILES string of the molecule is CC(=O)N[C@@H](CCCCN)C(=O)N[C@@H](CCCCN)C(=O)NC(C)(C)C(=O)NC(C)(C)C(=O)N[C@@H](CCCCN)C(=O)NC(C)(C)C(=O)NC(C)(C)C(=O)N[C@@H](CCCCN)C(=O)N[C@@H](CCCCN)C(=O)NC(C)(C)C(=O)NC(C)(C)C(N)=O. The Morgan fingerprint density at radius 2 is 0.494 bits per heavy atom. The average molecular weight is 1210 g/mol. The Morgan fingerprint density at radius 3 is 0.729 bits per heavy atom. The summed E-state index contributed by atoms with van der Waals surface area (Å²) in [6, 6.07) is -5.83. The molecule has 0 radical (unpaired) electrons. The van der Waals surface area contributed by atoms with E-state index in [1.807, 2.05) is 0 Å². The molecule has 12 amide bonds. The van der Waals surface area contributed by atoms with Gasteiger partial charge in [0, 0.05) is 6.92 Å². The summed E-state index contributed by atoms with van der Waals surface area (Å²) in [5, 5.41) is 29.1. The van der Waals surface area contributed by atoms with E-state index in [0.717, 1.165) is 0 Å². The van der Waals surface area contributed by atoms with Crippen LogP contribution in [0.25, 0.3) is 0 Å². The zero-order valence-corrected chi connectivity index (χ0v) is 52.9. The van der Waals surface area contributed by atoms with Crippen LogP contribution in [0.4, 0.5) is 0 Å². The van der Waals surface area contributed by atoms with Gasteiger partial charge in [-0.2, -0.15) is 0 Å². The number of carbonyl (C=O) groups is 12. The van der Waals surface area contributed by atoms with E-state index in [1.54, 1.807) is 0 Å². The van der Waals surface area contributed by atoms with Crippen molar-refractivity contribution < 1.29 is 57.5 Å². The van der Waals surface area contributed by atoms with Crippen LogP contribution in [0, 0.1) is 0 Å². The molecule has 85 heavy (non-hydrogen) atoms. The maximum absolute atomic E-state index is 14.1. The van der Waals surface area contributed by atoms with E-state index < -0.39 is 134 Å². The zero-order chi connectivity index (χ0) is 65.7. The number of nitrogens with one attached hydrogen (secondary N) is 11. The fourth-order valence-electron chi connectivity index (χ4n) is 8.13. The van der Waals surface area contributed by atoms with Crippen molar-refractivity contribution >= 4 is 70.9 Å². The van der Waals surface area contributed by atoms with Gasteiger partial charge in [0.15, 0.2) is 0 Å². The van der Waals surface area contributed by atoms with Gasteiger partial charge in [-0.25, -0.2) is 0 Å². The van der Waals surface area contributed by atoms with Crippen LogP contribution in [-0.4, -0.2) is 167 Å². The highest BCUT2D eigenvalue weighted by Gasteiger charge is 2.43. The molecule has 0 aromatic carbocycles. The van der Waals surface area contributed by atoms with Gasteiger partial charge in [0.1, 0.15) is 63.4 Å². The van der Waals surface area contributed by atoms with Crippen molar-refractivity contribution in [3.8, 4) is 0 Å². The third-order valence-electron chi connectivity index (χ3n) is 14.0. The molecule has 0 aliphatic carbocycles. The molecular formula is C56H107N17O12. The monoisotopic (exact) mass is 1210 g/mol. The normalized spacial score (nSPS) is 13.9. The summed E-state index contributed by atoms with van der Waals surface area (Å²) >= 11 is 0. The summed E-state index contributed by atoms with van der Waals surface area (Å²) in [6.45, 7) is 19.5. The smallest absolute Gasteiger partial charge is 0.246 e. The van der Waals surface area contributed by atoms with Crippen LogP contribution in [-0.2, 0) is 57.5 Å². The van der Waals surface area contributed by atoms with Crippen LogP contribution in [0.2, 0.25) is 0 Å². The van der Waals surface area contributed by atoms with E-state index in [4.69, 9.17) is 34.4 Å². The topological polar surface area (TPSA) is 493 Å². The maximum atomic E-state index is 14.1. The summed E-state index contributed by atoms with van der Waals surface area (Å²) in [5.74, 6) is -8.85. The molecule has 0 spiro atoms. The number of nitrogens with two attached hydrogens (primary N) is 6. The first-order valence-electron chi connectivity index (χ1n) is 29.5.